The van der Waals surface area contributed by atoms with Gasteiger partial charge in [-0.25, -0.2) is 0 Å². The number of hydrogen-bond donors (Lipinski definition) is 1. The molecule has 1 N–H and O–H groups in total. The minimum absolute atomic E-state index is 0.449. The van der Waals surface area contributed by atoms with Crippen molar-refractivity contribution < 1.29 is 9.47 Å². The van der Waals surface area contributed by atoms with E-state index in [1.807, 2.05) is 6.92 Å². The maximum atomic E-state index is 5.87. The second-order valence-electron chi connectivity index (χ2n) is 5.00. The van der Waals surface area contributed by atoms with Gasteiger partial charge in [-0.15, -0.1) is 0 Å². The predicted molar refractivity (Wildman–Crippen MR) is 71.4 cm³/mol. The standard InChI is InChI=1S/C14H29NO2/c1-3-16-12-13(2)15-10-7-11-17-14-8-5-4-6-9-14/h13-15H,3-12H2,1-2H3. The molecule has 0 aromatic carbocycles. The number of hydrogen-bond acceptors (Lipinski definition) is 3. The second kappa shape index (κ2) is 9.86. The van der Waals surface area contributed by atoms with Crippen LogP contribution in [0.4, 0.5) is 0 Å². The largest absolute Gasteiger partial charge is 0.380 e. The number of ether oxygens (including phenoxy) is 2. The van der Waals surface area contributed by atoms with E-state index in [0.29, 0.717) is 12.1 Å². The third kappa shape index (κ3) is 7.74. The van der Waals surface area contributed by atoms with Gasteiger partial charge in [0.2, 0.25) is 0 Å². The SMILES string of the molecule is CCOCC(C)NCCCOC1CCCCC1. The lowest BCUT2D eigenvalue weighted by Crippen LogP contribution is -2.32. The van der Waals surface area contributed by atoms with E-state index in [-0.39, 0.29) is 0 Å². The highest BCUT2D eigenvalue weighted by Crippen LogP contribution is 2.20. The van der Waals surface area contributed by atoms with Gasteiger partial charge in [-0.3, -0.25) is 0 Å². The van der Waals surface area contributed by atoms with Crippen molar-refractivity contribution in [2.75, 3.05) is 26.4 Å². The van der Waals surface area contributed by atoms with E-state index in [1.54, 1.807) is 0 Å². The van der Waals surface area contributed by atoms with Crippen LogP contribution < -0.4 is 5.32 Å². The Morgan fingerprint density at radius 3 is 2.71 bits per heavy atom. The van der Waals surface area contributed by atoms with Crippen LogP contribution in [0.3, 0.4) is 0 Å². The summed E-state index contributed by atoms with van der Waals surface area (Å²) < 4.78 is 11.2. The van der Waals surface area contributed by atoms with E-state index in [9.17, 15) is 0 Å². The Balaban J connectivity index is 1.86. The van der Waals surface area contributed by atoms with E-state index in [2.05, 4.69) is 12.2 Å². The Kier molecular flexibility index (Phi) is 8.67. The molecule has 1 aliphatic carbocycles. The summed E-state index contributed by atoms with van der Waals surface area (Å²) >= 11 is 0. The van der Waals surface area contributed by atoms with Crippen LogP contribution >= 0.6 is 0 Å². The van der Waals surface area contributed by atoms with Gasteiger partial charge in [0.05, 0.1) is 12.7 Å². The van der Waals surface area contributed by atoms with E-state index in [0.717, 1.165) is 32.8 Å². The van der Waals surface area contributed by atoms with Crippen molar-refractivity contribution in [2.45, 2.75) is 64.5 Å². The van der Waals surface area contributed by atoms with Crippen LogP contribution in [-0.2, 0) is 9.47 Å². The average molecular weight is 243 g/mol. The molecule has 0 saturated heterocycles. The Morgan fingerprint density at radius 2 is 2.00 bits per heavy atom. The predicted octanol–water partition coefficient (Wildman–Crippen LogP) is 2.74. The van der Waals surface area contributed by atoms with Crippen LogP contribution in [0.15, 0.2) is 0 Å². The van der Waals surface area contributed by atoms with Gasteiger partial charge in [0.25, 0.3) is 0 Å². The molecule has 1 atom stereocenters. The molecule has 0 aromatic rings. The Labute approximate surface area is 106 Å². The third-order valence-electron chi connectivity index (χ3n) is 3.29. The fourth-order valence-corrected chi connectivity index (χ4v) is 2.26. The maximum absolute atomic E-state index is 5.87. The molecule has 3 nitrogen and oxygen atoms in total. The van der Waals surface area contributed by atoms with Gasteiger partial charge >= 0.3 is 0 Å². The highest BCUT2D eigenvalue weighted by Gasteiger charge is 2.12. The molecule has 3 heteroatoms. The summed E-state index contributed by atoms with van der Waals surface area (Å²) in [5, 5.41) is 3.45. The molecular weight excluding hydrogens is 214 g/mol. The Hall–Kier alpha value is -0.120. The topological polar surface area (TPSA) is 30.5 Å². The first kappa shape index (κ1) is 14.9. The second-order valence-corrected chi connectivity index (χ2v) is 5.00. The van der Waals surface area contributed by atoms with Crippen LogP contribution in [0.5, 0.6) is 0 Å². The van der Waals surface area contributed by atoms with Crippen molar-refractivity contribution in [3.05, 3.63) is 0 Å². The van der Waals surface area contributed by atoms with Gasteiger partial charge in [-0.1, -0.05) is 19.3 Å². The van der Waals surface area contributed by atoms with Crippen molar-refractivity contribution in [2.24, 2.45) is 0 Å². The normalized spacial score (nSPS) is 19.4. The smallest absolute Gasteiger partial charge is 0.0616 e. The lowest BCUT2D eigenvalue weighted by molar-refractivity contribution is 0.0267. The molecule has 0 heterocycles. The van der Waals surface area contributed by atoms with Gasteiger partial charge in [0.1, 0.15) is 0 Å². The van der Waals surface area contributed by atoms with Gasteiger partial charge in [-0.05, 0) is 39.7 Å². The lowest BCUT2D eigenvalue weighted by Gasteiger charge is -2.22. The summed E-state index contributed by atoms with van der Waals surface area (Å²) in [5.41, 5.74) is 0. The maximum Gasteiger partial charge on any atom is 0.0616 e. The zero-order valence-corrected chi connectivity index (χ0v) is 11.5. The Bertz CT molecular complexity index is 170. The van der Waals surface area contributed by atoms with Crippen LogP contribution in [-0.4, -0.2) is 38.5 Å². The zero-order valence-electron chi connectivity index (χ0n) is 11.5. The van der Waals surface area contributed by atoms with Crippen molar-refractivity contribution in [1.29, 1.82) is 0 Å². The zero-order chi connectivity index (χ0) is 12.3. The van der Waals surface area contributed by atoms with Gasteiger partial charge < -0.3 is 14.8 Å². The molecule has 0 amide bonds. The molecule has 1 fully saturated rings. The van der Waals surface area contributed by atoms with Gasteiger partial charge in [0, 0.05) is 19.3 Å². The number of rotatable bonds is 9. The molecular formula is C14H29NO2. The summed E-state index contributed by atoms with van der Waals surface area (Å²) in [6, 6.07) is 0.449. The van der Waals surface area contributed by atoms with Gasteiger partial charge in [0.15, 0.2) is 0 Å². The third-order valence-corrected chi connectivity index (χ3v) is 3.29. The van der Waals surface area contributed by atoms with E-state index >= 15 is 0 Å². The average Bonchev–Trinajstić information content (AvgIpc) is 2.37. The van der Waals surface area contributed by atoms with Crippen molar-refractivity contribution in [3.8, 4) is 0 Å². The first-order chi connectivity index (χ1) is 8.33. The van der Waals surface area contributed by atoms with Crippen LogP contribution in [0.2, 0.25) is 0 Å². The monoisotopic (exact) mass is 243 g/mol. The van der Waals surface area contributed by atoms with Crippen LogP contribution in [0.1, 0.15) is 52.4 Å². The summed E-state index contributed by atoms with van der Waals surface area (Å²) in [7, 11) is 0. The highest BCUT2D eigenvalue weighted by molar-refractivity contribution is 4.65. The summed E-state index contributed by atoms with van der Waals surface area (Å²) in [6.45, 7) is 7.74. The molecule has 0 aromatic heterocycles. The van der Waals surface area contributed by atoms with E-state index in [1.165, 1.54) is 32.1 Å². The molecule has 1 rings (SSSR count). The van der Waals surface area contributed by atoms with Crippen molar-refractivity contribution in [3.63, 3.8) is 0 Å². The Morgan fingerprint density at radius 1 is 1.24 bits per heavy atom. The molecule has 102 valence electrons. The lowest BCUT2D eigenvalue weighted by atomic mass is 9.98. The quantitative estimate of drug-likeness (QED) is 0.632. The summed E-state index contributed by atoms with van der Waals surface area (Å²) in [4.78, 5) is 0. The molecule has 1 aliphatic rings. The first-order valence-electron chi connectivity index (χ1n) is 7.25. The van der Waals surface area contributed by atoms with Crippen LogP contribution in [0.25, 0.3) is 0 Å². The molecule has 1 unspecified atom stereocenters. The molecule has 17 heavy (non-hydrogen) atoms. The fraction of sp³-hybridized carbons (Fsp3) is 1.00. The van der Waals surface area contributed by atoms with E-state index in [4.69, 9.17) is 9.47 Å². The minimum atomic E-state index is 0.449. The van der Waals surface area contributed by atoms with Crippen LogP contribution in [0, 0.1) is 0 Å². The van der Waals surface area contributed by atoms with E-state index < -0.39 is 0 Å². The first-order valence-corrected chi connectivity index (χ1v) is 7.25. The summed E-state index contributed by atoms with van der Waals surface area (Å²) in [6.07, 6.45) is 8.30. The minimum Gasteiger partial charge on any atom is -0.380 e. The molecule has 0 aliphatic heterocycles. The number of nitrogens with one attached hydrogen (secondary N) is 1. The molecule has 1 saturated carbocycles. The highest BCUT2D eigenvalue weighted by atomic mass is 16.5. The molecule has 0 spiro atoms. The van der Waals surface area contributed by atoms with Gasteiger partial charge in [-0.2, -0.15) is 0 Å². The fourth-order valence-electron chi connectivity index (χ4n) is 2.26. The summed E-state index contributed by atoms with van der Waals surface area (Å²) in [5.74, 6) is 0. The molecule has 0 bridgehead atoms. The van der Waals surface area contributed by atoms with Crippen molar-refractivity contribution >= 4 is 0 Å². The van der Waals surface area contributed by atoms with Crippen molar-refractivity contribution in [1.82, 2.24) is 5.32 Å². The molecule has 0 radical (unpaired) electrons.